The van der Waals surface area contributed by atoms with E-state index in [0.717, 1.165) is 47.0 Å². The summed E-state index contributed by atoms with van der Waals surface area (Å²) in [5.41, 5.74) is 3.90. The van der Waals surface area contributed by atoms with E-state index in [2.05, 4.69) is 18.7 Å². The summed E-state index contributed by atoms with van der Waals surface area (Å²) in [4.78, 5) is 2.47. The number of hydrogen-bond donors (Lipinski definition) is 2. The zero-order valence-electron chi connectivity index (χ0n) is 20.9. The number of halogens is 1. The highest BCUT2D eigenvalue weighted by molar-refractivity contribution is 5.95. The Hall–Kier alpha value is -3.51. The van der Waals surface area contributed by atoms with Crippen molar-refractivity contribution in [2.45, 2.75) is 39.3 Å². The van der Waals surface area contributed by atoms with E-state index in [1.807, 2.05) is 31.2 Å². The molecule has 3 aromatic carbocycles. The molecule has 1 saturated heterocycles. The fraction of sp³-hybridized carbons (Fsp3) is 0.333. The van der Waals surface area contributed by atoms with Crippen molar-refractivity contribution in [3.63, 3.8) is 0 Å². The summed E-state index contributed by atoms with van der Waals surface area (Å²) in [6, 6.07) is 17.5. The van der Waals surface area contributed by atoms with E-state index < -0.39 is 17.7 Å². The van der Waals surface area contributed by atoms with Gasteiger partial charge in [0.2, 0.25) is 0 Å². The zero-order valence-corrected chi connectivity index (χ0v) is 20.9. The molecule has 6 heteroatoms. The molecule has 2 aliphatic rings. The highest BCUT2D eigenvalue weighted by Gasteiger charge is 2.30. The Morgan fingerprint density at radius 2 is 1.86 bits per heavy atom. The first-order valence-electron chi connectivity index (χ1n) is 12.5. The van der Waals surface area contributed by atoms with E-state index in [1.165, 1.54) is 18.6 Å². The van der Waals surface area contributed by atoms with Crippen LogP contribution in [0.1, 0.15) is 50.0 Å². The van der Waals surface area contributed by atoms with Gasteiger partial charge >= 0.3 is 0 Å². The monoisotopic (exact) mass is 489 g/mol. The molecule has 5 nitrogen and oxygen atoms in total. The smallest absolute Gasteiger partial charge is 0.165 e. The van der Waals surface area contributed by atoms with E-state index in [9.17, 15) is 14.6 Å². The Morgan fingerprint density at radius 1 is 1.08 bits per heavy atom. The normalized spacial score (nSPS) is 20.7. The number of nitrogens with zero attached hydrogens (tertiary/aromatic N) is 1. The minimum atomic E-state index is -0.696. The molecule has 0 bridgehead atoms. The molecule has 0 spiro atoms. The molecule has 3 unspecified atom stereocenters. The van der Waals surface area contributed by atoms with Crippen molar-refractivity contribution in [1.29, 1.82) is 0 Å². The van der Waals surface area contributed by atoms with Crippen LogP contribution in [-0.4, -0.2) is 40.9 Å². The van der Waals surface area contributed by atoms with Gasteiger partial charge in [-0.15, -0.1) is 0 Å². The Balaban J connectivity index is 1.42. The van der Waals surface area contributed by atoms with Gasteiger partial charge in [-0.3, -0.25) is 4.90 Å². The van der Waals surface area contributed by atoms with Crippen molar-refractivity contribution < 1.29 is 24.1 Å². The third-order valence-corrected chi connectivity index (χ3v) is 7.29. The molecule has 2 N–H and O–H groups in total. The first-order chi connectivity index (χ1) is 17.3. The van der Waals surface area contributed by atoms with Gasteiger partial charge in [0.15, 0.2) is 11.6 Å². The quantitative estimate of drug-likeness (QED) is 0.419. The van der Waals surface area contributed by atoms with E-state index in [-0.39, 0.29) is 5.75 Å². The summed E-state index contributed by atoms with van der Waals surface area (Å²) < 4.78 is 26.8. The lowest BCUT2D eigenvalue weighted by molar-refractivity contribution is 0.169. The van der Waals surface area contributed by atoms with Crippen LogP contribution >= 0.6 is 0 Å². The lowest BCUT2D eigenvalue weighted by atomic mass is 9.86. The van der Waals surface area contributed by atoms with Crippen LogP contribution in [-0.2, 0) is 0 Å². The minimum absolute atomic E-state index is 0.130. The maximum Gasteiger partial charge on any atom is 0.165 e. The van der Waals surface area contributed by atoms with Crippen molar-refractivity contribution >= 4 is 11.1 Å². The molecule has 5 rings (SSSR count). The molecule has 2 heterocycles. The number of likely N-dealkylation sites (tertiary alicyclic amines) is 1. The van der Waals surface area contributed by atoms with Crippen molar-refractivity contribution in [3.8, 4) is 23.0 Å². The zero-order chi connectivity index (χ0) is 25.4. The molecular formula is C30H32FNO4. The number of allylic oxidation sites excluding steroid dienone is 1. The molecule has 0 aromatic heterocycles. The summed E-state index contributed by atoms with van der Waals surface area (Å²) in [7, 11) is 0. The number of hydrogen-bond acceptors (Lipinski definition) is 5. The fourth-order valence-electron chi connectivity index (χ4n) is 5.15. The molecule has 3 atom stereocenters. The summed E-state index contributed by atoms with van der Waals surface area (Å²) in [6.07, 6.45) is 0.744. The SMILES string of the molecule is CC1=C(c2ccc(O)c(F)c2)C(c2ccc(OCC(C)N3CCC(C)C3)cc2)Oc2ccc(O)cc21. The first kappa shape index (κ1) is 24.2. The molecule has 188 valence electrons. The fourth-order valence-corrected chi connectivity index (χ4v) is 5.15. The predicted octanol–water partition coefficient (Wildman–Crippen LogP) is 6.41. The summed E-state index contributed by atoms with van der Waals surface area (Å²) in [5, 5.41) is 19.8. The van der Waals surface area contributed by atoms with Crippen LogP contribution < -0.4 is 9.47 Å². The van der Waals surface area contributed by atoms with Gasteiger partial charge in [0.25, 0.3) is 0 Å². The Labute approximate surface area is 211 Å². The van der Waals surface area contributed by atoms with Crippen LogP contribution in [0.5, 0.6) is 23.0 Å². The van der Waals surface area contributed by atoms with E-state index in [0.29, 0.717) is 24.0 Å². The molecule has 0 radical (unpaired) electrons. The molecule has 0 saturated carbocycles. The van der Waals surface area contributed by atoms with Crippen LogP contribution in [0.4, 0.5) is 4.39 Å². The third-order valence-electron chi connectivity index (χ3n) is 7.29. The van der Waals surface area contributed by atoms with Gasteiger partial charge in [0, 0.05) is 23.7 Å². The van der Waals surface area contributed by atoms with Crippen molar-refractivity contribution in [1.82, 2.24) is 4.90 Å². The second kappa shape index (κ2) is 9.86. The Bertz CT molecular complexity index is 1290. The Morgan fingerprint density at radius 3 is 2.56 bits per heavy atom. The van der Waals surface area contributed by atoms with Gasteiger partial charge in [0.1, 0.15) is 30.0 Å². The van der Waals surface area contributed by atoms with Crippen LogP contribution in [0.3, 0.4) is 0 Å². The van der Waals surface area contributed by atoms with E-state index in [1.54, 1.807) is 24.3 Å². The highest BCUT2D eigenvalue weighted by atomic mass is 19.1. The minimum Gasteiger partial charge on any atom is -0.508 e. The molecule has 1 fully saturated rings. The van der Waals surface area contributed by atoms with Gasteiger partial charge < -0.3 is 19.7 Å². The van der Waals surface area contributed by atoms with Gasteiger partial charge in [0.05, 0.1) is 0 Å². The molecule has 0 amide bonds. The van der Waals surface area contributed by atoms with Gasteiger partial charge in [-0.2, -0.15) is 0 Å². The van der Waals surface area contributed by atoms with Gasteiger partial charge in [-0.1, -0.05) is 25.1 Å². The van der Waals surface area contributed by atoms with Crippen molar-refractivity contribution in [3.05, 3.63) is 83.2 Å². The van der Waals surface area contributed by atoms with E-state index >= 15 is 0 Å². The van der Waals surface area contributed by atoms with Crippen LogP contribution in [0.15, 0.2) is 60.7 Å². The summed E-state index contributed by atoms with van der Waals surface area (Å²) >= 11 is 0. The number of phenolic OH excluding ortho intramolecular Hbond substituents is 2. The van der Waals surface area contributed by atoms with Gasteiger partial charge in [-0.25, -0.2) is 4.39 Å². The predicted molar refractivity (Wildman–Crippen MR) is 139 cm³/mol. The lowest BCUT2D eigenvalue weighted by Gasteiger charge is -2.31. The number of ether oxygens (including phenoxy) is 2. The van der Waals surface area contributed by atoms with Gasteiger partial charge in [-0.05, 0) is 91.9 Å². The maximum atomic E-state index is 14.3. The molecule has 0 aliphatic carbocycles. The third kappa shape index (κ3) is 4.78. The number of fused-ring (bicyclic) bond motifs is 1. The standard InChI is InChI=1S/C30H32FNO4/c1-18-12-13-32(16-18)19(2)17-35-24-8-4-21(5-9-24)30-29(22-6-10-27(34)26(31)14-22)20(3)25-15-23(33)7-11-28(25)36-30/h4-11,14-15,18-19,30,33-34H,12-13,16-17H2,1-3H3. The van der Waals surface area contributed by atoms with Crippen LogP contribution in [0.25, 0.3) is 11.1 Å². The number of rotatable bonds is 6. The van der Waals surface area contributed by atoms with Crippen molar-refractivity contribution in [2.75, 3.05) is 19.7 Å². The maximum absolute atomic E-state index is 14.3. The topological polar surface area (TPSA) is 62.2 Å². The number of phenols is 2. The summed E-state index contributed by atoms with van der Waals surface area (Å²) in [6.45, 7) is 9.29. The molecule has 2 aliphatic heterocycles. The van der Waals surface area contributed by atoms with Crippen LogP contribution in [0, 0.1) is 11.7 Å². The second-order valence-electron chi connectivity index (χ2n) is 10.0. The molecule has 36 heavy (non-hydrogen) atoms. The second-order valence-corrected chi connectivity index (χ2v) is 10.0. The largest absolute Gasteiger partial charge is 0.508 e. The summed E-state index contributed by atoms with van der Waals surface area (Å²) in [5.74, 6) is 1.21. The van der Waals surface area contributed by atoms with Crippen molar-refractivity contribution in [2.24, 2.45) is 5.92 Å². The average Bonchev–Trinajstić information content (AvgIpc) is 3.31. The molecule has 3 aromatic rings. The number of benzene rings is 3. The van der Waals surface area contributed by atoms with E-state index in [4.69, 9.17) is 9.47 Å². The van der Waals surface area contributed by atoms with Crippen LogP contribution in [0.2, 0.25) is 0 Å². The number of aromatic hydroxyl groups is 2. The Kier molecular flexibility index (Phi) is 6.63. The lowest BCUT2D eigenvalue weighted by Crippen LogP contribution is -2.35. The highest BCUT2D eigenvalue weighted by Crippen LogP contribution is 2.47. The molecular weight excluding hydrogens is 457 g/mol. The first-order valence-corrected chi connectivity index (χ1v) is 12.5. The average molecular weight is 490 g/mol.